The highest BCUT2D eigenvalue weighted by Crippen LogP contribution is 1.87. The van der Waals surface area contributed by atoms with Gasteiger partial charge in [-0.2, -0.15) is 0 Å². The molecule has 1 rings (SSSR count). The Labute approximate surface area is 48.0 Å². The molecular formula is C6H8NO+. The Morgan fingerprint density at radius 2 is 1.88 bits per heavy atom. The average molecular weight is 110 g/mol. The summed E-state index contributed by atoms with van der Waals surface area (Å²) in [7, 11) is 0. The molecule has 0 spiro atoms. The summed E-state index contributed by atoms with van der Waals surface area (Å²) in [5.41, 5.74) is 1.15. The van der Waals surface area contributed by atoms with Crippen LogP contribution in [0.4, 0.5) is 0 Å². The van der Waals surface area contributed by atoms with Crippen molar-refractivity contribution in [2.75, 3.05) is 0 Å². The van der Waals surface area contributed by atoms with Gasteiger partial charge in [0.15, 0.2) is 0 Å². The van der Waals surface area contributed by atoms with Crippen LogP contribution in [0.3, 0.4) is 0 Å². The van der Waals surface area contributed by atoms with Gasteiger partial charge in [-0.1, -0.05) is 0 Å². The van der Waals surface area contributed by atoms with E-state index in [1.807, 2.05) is 19.1 Å². The molecule has 0 amide bonds. The summed E-state index contributed by atoms with van der Waals surface area (Å²) >= 11 is 0. The summed E-state index contributed by atoms with van der Waals surface area (Å²) < 4.78 is 1.02. The minimum Gasteiger partial charge on any atom is -0.285 e. The summed E-state index contributed by atoms with van der Waals surface area (Å²) in [4.78, 5) is 0. The molecule has 0 atom stereocenters. The lowest BCUT2D eigenvalue weighted by atomic mass is 10.3. The van der Waals surface area contributed by atoms with Gasteiger partial charge < -0.3 is 0 Å². The van der Waals surface area contributed by atoms with Crippen LogP contribution in [0.25, 0.3) is 0 Å². The molecule has 0 aliphatic heterocycles. The predicted molar refractivity (Wildman–Crippen MR) is 28.6 cm³/mol. The van der Waals surface area contributed by atoms with Gasteiger partial charge in [0.2, 0.25) is 12.4 Å². The fraction of sp³-hybridized carbons (Fsp3) is 0.167. The fourth-order valence-corrected chi connectivity index (χ4v) is 0.493. The van der Waals surface area contributed by atoms with Crippen LogP contribution in [0.2, 0.25) is 0 Å². The number of nitrogens with zero attached hydrogens (tertiary/aromatic N) is 1. The first-order valence-electron chi connectivity index (χ1n) is 2.46. The highest BCUT2D eigenvalue weighted by molar-refractivity contribution is 5.02. The minimum atomic E-state index is 1.02. The van der Waals surface area contributed by atoms with Crippen LogP contribution in [0.15, 0.2) is 24.5 Å². The quantitative estimate of drug-likeness (QED) is 0.382. The first kappa shape index (κ1) is 5.09. The molecule has 0 radical (unpaired) electrons. The molecule has 1 N–H and O–H groups in total. The lowest BCUT2D eigenvalue weighted by molar-refractivity contribution is -0.904. The van der Waals surface area contributed by atoms with E-state index in [0.717, 1.165) is 10.3 Å². The van der Waals surface area contributed by atoms with E-state index in [1.54, 1.807) is 12.4 Å². The van der Waals surface area contributed by atoms with Gasteiger partial charge in [-0.15, -0.1) is 0 Å². The van der Waals surface area contributed by atoms with Crippen molar-refractivity contribution < 1.29 is 9.94 Å². The van der Waals surface area contributed by atoms with E-state index >= 15 is 0 Å². The molecule has 0 fully saturated rings. The Kier molecular flexibility index (Phi) is 1.16. The van der Waals surface area contributed by atoms with Crippen LogP contribution in [-0.4, -0.2) is 5.21 Å². The van der Waals surface area contributed by atoms with Crippen molar-refractivity contribution in [2.45, 2.75) is 6.92 Å². The zero-order valence-corrected chi connectivity index (χ0v) is 4.70. The van der Waals surface area contributed by atoms with Crippen LogP contribution in [0.1, 0.15) is 5.56 Å². The molecule has 8 heavy (non-hydrogen) atoms. The highest BCUT2D eigenvalue weighted by Gasteiger charge is 1.89. The first-order chi connectivity index (χ1) is 3.79. The van der Waals surface area contributed by atoms with Gasteiger partial charge in [-0.3, -0.25) is 5.21 Å². The van der Waals surface area contributed by atoms with Crippen molar-refractivity contribution in [3.8, 4) is 0 Å². The maximum absolute atomic E-state index is 8.67. The van der Waals surface area contributed by atoms with Crippen molar-refractivity contribution in [3.63, 3.8) is 0 Å². The maximum Gasteiger partial charge on any atom is 0.222 e. The molecule has 0 aromatic carbocycles. The molecule has 0 aliphatic carbocycles. The zero-order valence-electron chi connectivity index (χ0n) is 4.70. The summed E-state index contributed by atoms with van der Waals surface area (Å²) in [6.07, 6.45) is 3.19. The normalized spacial score (nSPS) is 9.12. The molecule has 0 saturated carbocycles. The second-order valence-electron chi connectivity index (χ2n) is 1.76. The van der Waals surface area contributed by atoms with Crippen molar-refractivity contribution in [3.05, 3.63) is 30.1 Å². The Hall–Kier alpha value is -1.05. The second kappa shape index (κ2) is 1.82. The smallest absolute Gasteiger partial charge is 0.222 e. The molecule has 0 saturated heterocycles. The third kappa shape index (κ3) is 0.964. The van der Waals surface area contributed by atoms with E-state index in [2.05, 4.69) is 0 Å². The average Bonchev–Trinajstić information content (AvgIpc) is 1.77. The number of hydrogen-bond acceptors (Lipinski definition) is 1. The summed E-state index contributed by atoms with van der Waals surface area (Å²) in [6.45, 7) is 1.97. The lowest BCUT2D eigenvalue weighted by Gasteiger charge is -1.82. The topological polar surface area (TPSA) is 24.1 Å². The molecule has 1 aromatic rings. The molecule has 2 nitrogen and oxygen atoms in total. The third-order valence-electron chi connectivity index (χ3n) is 0.980. The van der Waals surface area contributed by atoms with Gasteiger partial charge in [0.1, 0.15) is 0 Å². The molecule has 2 heteroatoms. The molecular weight excluding hydrogens is 102 g/mol. The van der Waals surface area contributed by atoms with Gasteiger partial charge in [-0.25, -0.2) is 0 Å². The van der Waals surface area contributed by atoms with Crippen molar-refractivity contribution >= 4 is 0 Å². The Bertz CT molecular complexity index is 147. The molecule has 1 heterocycles. The summed E-state index contributed by atoms with van der Waals surface area (Å²) in [6, 6.07) is 3.67. The molecule has 1 aromatic heterocycles. The zero-order chi connectivity index (χ0) is 5.98. The van der Waals surface area contributed by atoms with E-state index in [1.165, 1.54) is 0 Å². The monoisotopic (exact) mass is 110 g/mol. The SMILES string of the molecule is Cc1cc[n+](O)cc1. The van der Waals surface area contributed by atoms with E-state index in [4.69, 9.17) is 5.21 Å². The number of aromatic nitrogens is 1. The number of pyridine rings is 1. The van der Waals surface area contributed by atoms with Gasteiger partial charge >= 0.3 is 0 Å². The summed E-state index contributed by atoms with van der Waals surface area (Å²) in [5, 5.41) is 8.67. The largest absolute Gasteiger partial charge is 0.285 e. The van der Waals surface area contributed by atoms with Crippen LogP contribution in [0, 0.1) is 6.92 Å². The number of aryl methyl sites for hydroxylation is 1. The lowest BCUT2D eigenvalue weighted by Crippen LogP contribution is -2.27. The van der Waals surface area contributed by atoms with Gasteiger partial charge in [0.25, 0.3) is 0 Å². The van der Waals surface area contributed by atoms with Crippen LogP contribution < -0.4 is 4.73 Å². The van der Waals surface area contributed by atoms with E-state index in [-0.39, 0.29) is 0 Å². The summed E-state index contributed by atoms with van der Waals surface area (Å²) in [5.74, 6) is 0. The molecule has 0 unspecified atom stereocenters. The van der Waals surface area contributed by atoms with Gasteiger partial charge in [0, 0.05) is 16.9 Å². The van der Waals surface area contributed by atoms with E-state index < -0.39 is 0 Å². The third-order valence-corrected chi connectivity index (χ3v) is 0.980. The molecule has 0 aliphatic rings. The Balaban J connectivity index is 3.03. The van der Waals surface area contributed by atoms with Crippen LogP contribution >= 0.6 is 0 Å². The predicted octanol–water partition coefficient (Wildman–Crippen LogP) is 0.520. The van der Waals surface area contributed by atoms with Gasteiger partial charge in [-0.05, 0) is 12.5 Å². The Morgan fingerprint density at radius 1 is 1.38 bits per heavy atom. The van der Waals surface area contributed by atoms with Crippen molar-refractivity contribution in [1.29, 1.82) is 0 Å². The fourth-order valence-electron chi connectivity index (χ4n) is 0.493. The Morgan fingerprint density at radius 3 is 2.25 bits per heavy atom. The van der Waals surface area contributed by atoms with E-state index in [9.17, 15) is 0 Å². The first-order valence-corrected chi connectivity index (χ1v) is 2.46. The van der Waals surface area contributed by atoms with Crippen LogP contribution in [0.5, 0.6) is 0 Å². The number of hydrogen-bond donors (Lipinski definition) is 1. The van der Waals surface area contributed by atoms with Crippen LogP contribution in [-0.2, 0) is 0 Å². The molecule has 0 bridgehead atoms. The maximum atomic E-state index is 8.67. The highest BCUT2D eigenvalue weighted by atomic mass is 16.5. The van der Waals surface area contributed by atoms with E-state index in [0.29, 0.717) is 0 Å². The van der Waals surface area contributed by atoms with Gasteiger partial charge in [0.05, 0.1) is 0 Å². The number of rotatable bonds is 0. The minimum absolute atomic E-state index is 1.02. The van der Waals surface area contributed by atoms with Crippen molar-refractivity contribution in [2.24, 2.45) is 0 Å². The standard InChI is InChI=1S/C6H8NO/c1-6-2-4-7(8)5-3-6/h2-5,8H,1H3/q+1. The second-order valence-corrected chi connectivity index (χ2v) is 1.76. The molecule has 42 valence electrons. The van der Waals surface area contributed by atoms with Crippen molar-refractivity contribution in [1.82, 2.24) is 0 Å².